The van der Waals surface area contributed by atoms with Crippen LogP contribution in [0.3, 0.4) is 0 Å². The number of hydrogen-bond acceptors (Lipinski definition) is 8. The van der Waals surface area contributed by atoms with Crippen molar-refractivity contribution in [1.82, 2.24) is 10.1 Å². The molecule has 2 aromatic heterocycles. The molecule has 5 aromatic rings. The molecule has 0 fully saturated rings. The molecule has 0 aliphatic carbocycles. The number of carbonyl (C=O) groups is 1. The lowest BCUT2D eigenvalue weighted by molar-refractivity contribution is -0.115. The smallest absolute Gasteiger partial charge is 0.239 e. The molecule has 206 valence electrons. The number of rotatable bonds is 9. The van der Waals surface area contributed by atoms with E-state index in [1.54, 1.807) is 33.3 Å². The average Bonchev–Trinajstić information content (AvgIpc) is 3.42. The lowest BCUT2D eigenvalue weighted by Crippen LogP contribution is -2.25. The van der Waals surface area contributed by atoms with E-state index in [0.717, 1.165) is 16.3 Å². The van der Waals surface area contributed by atoms with Crippen LogP contribution >= 0.6 is 11.8 Å². The van der Waals surface area contributed by atoms with Gasteiger partial charge in [0.1, 0.15) is 28.4 Å². The molecular formula is C32H28N4O4S. The molecule has 3 aromatic carbocycles. The van der Waals surface area contributed by atoms with Crippen molar-refractivity contribution in [1.29, 1.82) is 5.26 Å². The van der Waals surface area contributed by atoms with Crippen molar-refractivity contribution in [3.63, 3.8) is 0 Å². The molecule has 1 N–H and O–H groups in total. The number of nitrogens with one attached hydrogen (secondary N) is 1. The standard InChI is InChI=1S/C32H28N4O4S/c1-5-29(31(37)35-30-15-19(2)40-36-30)41-32-26(18-33)25(24-14-13-21(38-3)16-28(24)39-4)17-27(34-32)23-12-8-10-20-9-6-7-11-22(20)23/h6-17,29H,5H2,1-4H3,(H,35,36,37). The second-order valence-corrected chi connectivity index (χ2v) is 10.5. The van der Waals surface area contributed by atoms with Gasteiger partial charge in [-0.15, -0.1) is 0 Å². The molecule has 0 spiro atoms. The lowest BCUT2D eigenvalue weighted by Gasteiger charge is -2.18. The molecular weight excluding hydrogens is 536 g/mol. The normalized spacial score (nSPS) is 11.6. The van der Waals surface area contributed by atoms with E-state index in [1.807, 2.05) is 55.5 Å². The van der Waals surface area contributed by atoms with Crippen LogP contribution in [0.15, 0.2) is 82.3 Å². The minimum atomic E-state index is -0.542. The molecule has 0 radical (unpaired) electrons. The SMILES string of the molecule is CCC(Sc1nc(-c2cccc3ccccc23)cc(-c2ccc(OC)cc2OC)c1C#N)C(=O)Nc1cc(C)on1. The third-order valence-corrected chi connectivity index (χ3v) is 8.01. The first-order chi connectivity index (χ1) is 19.9. The summed E-state index contributed by atoms with van der Waals surface area (Å²) in [6, 6.07) is 25.5. The van der Waals surface area contributed by atoms with Crippen LogP contribution in [0.1, 0.15) is 24.7 Å². The molecule has 0 aliphatic heterocycles. The van der Waals surface area contributed by atoms with Gasteiger partial charge in [0.25, 0.3) is 0 Å². The van der Waals surface area contributed by atoms with Gasteiger partial charge >= 0.3 is 0 Å². The molecule has 8 nitrogen and oxygen atoms in total. The molecule has 2 heterocycles. The molecule has 1 atom stereocenters. The van der Waals surface area contributed by atoms with Gasteiger partial charge in [0.05, 0.1) is 30.7 Å². The molecule has 0 aliphatic rings. The van der Waals surface area contributed by atoms with Gasteiger partial charge in [0.2, 0.25) is 5.91 Å². The summed E-state index contributed by atoms with van der Waals surface area (Å²) in [5.74, 6) is 1.87. The number of pyridine rings is 1. The molecule has 0 bridgehead atoms. The first-order valence-corrected chi connectivity index (χ1v) is 13.9. The second-order valence-electron chi connectivity index (χ2n) is 9.27. The van der Waals surface area contributed by atoms with Crippen LogP contribution in [0.5, 0.6) is 11.5 Å². The highest BCUT2D eigenvalue weighted by molar-refractivity contribution is 8.00. The van der Waals surface area contributed by atoms with Crippen LogP contribution in [0.25, 0.3) is 33.2 Å². The van der Waals surface area contributed by atoms with Crippen LogP contribution < -0.4 is 14.8 Å². The van der Waals surface area contributed by atoms with Crippen LogP contribution in [-0.2, 0) is 4.79 Å². The zero-order valence-corrected chi connectivity index (χ0v) is 23.9. The molecule has 0 saturated carbocycles. The minimum absolute atomic E-state index is 0.254. The van der Waals surface area contributed by atoms with Crippen molar-refractivity contribution >= 4 is 34.3 Å². The Morgan fingerprint density at radius 1 is 1.02 bits per heavy atom. The number of methoxy groups -OCH3 is 2. The van der Waals surface area contributed by atoms with E-state index in [9.17, 15) is 10.1 Å². The highest BCUT2D eigenvalue weighted by atomic mass is 32.2. The van der Waals surface area contributed by atoms with Gasteiger partial charge in [-0.2, -0.15) is 5.26 Å². The van der Waals surface area contributed by atoms with Crippen LogP contribution in [0.2, 0.25) is 0 Å². The van der Waals surface area contributed by atoms with Gasteiger partial charge in [-0.3, -0.25) is 4.79 Å². The van der Waals surface area contributed by atoms with Crippen molar-refractivity contribution in [2.45, 2.75) is 30.5 Å². The summed E-state index contributed by atoms with van der Waals surface area (Å²) < 4.78 is 16.2. The van der Waals surface area contributed by atoms with Gasteiger partial charge < -0.3 is 19.3 Å². The fourth-order valence-electron chi connectivity index (χ4n) is 4.62. The zero-order chi connectivity index (χ0) is 28.9. The molecule has 41 heavy (non-hydrogen) atoms. The number of amides is 1. The van der Waals surface area contributed by atoms with Crippen LogP contribution in [-0.4, -0.2) is 35.5 Å². The van der Waals surface area contributed by atoms with E-state index in [1.165, 1.54) is 11.8 Å². The number of thioether (sulfide) groups is 1. The van der Waals surface area contributed by atoms with E-state index in [0.29, 0.717) is 56.9 Å². The van der Waals surface area contributed by atoms with Gasteiger partial charge in [-0.25, -0.2) is 4.98 Å². The van der Waals surface area contributed by atoms with Crippen LogP contribution in [0.4, 0.5) is 5.82 Å². The molecule has 1 unspecified atom stereocenters. The van der Waals surface area contributed by atoms with Crippen LogP contribution in [0, 0.1) is 18.3 Å². The molecule has 9 heteroatoms. The summed E-state index contributed by atoms with van der Waals surface area (Å²) in [4.78, 5) is 18.2. The summed E-state index contributed by atoms with van der Waals surface area (Å²) in [5, 5.41) is 19.1. The number of hydrogen-bond donors (Lipinski definition) is 1. The number of nitrogens with zero attached hydrogens (tertiary/aromatic N) is 3. The maximum atomic E-state index is 13.3. The monoisotopic (exact) mass is 564 g/mol. The predicted molar refractivity (Wildman–Crippen MR) is 160 cm³/mol. The number of fused-ring (bicyclic) bond motifs is 1. The third kappa shape index (κ3) is 5.74. The van der Waals surface area contributed by atoms with E-state index in [2.05, 4.69) is 28.7 Å². The van der Waals surface area contributed by atoms with Crippen molar-refractivity contribution < 1.29 is 18.8 Å². The number of aryl methyl sites for hydroxylation is 1. The molecule has 1 amide bonds. The Bertz CT molecular complexity index is 1770. The van der Waals surface area contributed by atoms with E-state index >= 15 is 0 Å². The van der Waals surface area contributed by atoms with Gasteiger partial charge in [-0.05, 0) is 42.3 Å². The summed E-state index contributed by atoms with van der Waals surface area (Å²) in [7, 11) is 3.17. The predicted octanol–water partition coefficient (Wildman–Crippen LogP) is 7.26. The number of nitriles is 1. The Kier molecular flexibility index (Phi) is 8.22. The number of carbonyl (C=O) groups excluding carboxylic acids is 1. The first kappa shape index (κ1) is 27.7. The first-order valence-electron chi connectivity index (χ1n) is 13.0. The van der Waals surface area contributed by atoms with E-state index < -0.39 is 5.25 Å². The quantitative estimate of drug-likeness (QED) is 0.186. The van der Waals surface area contributed by atoms with Crippen molar-refractivity contribution in [3.8, 4) is 40.0 Å². The Labute approximate surface area is 242 Å². The zero-order valence-electron chi connectivity index (χ0n) is 23.1. The Morgan fingerprint density at radius 3 is 2.54 bits per heavy atom. The van der Waals surface area contributed by atoms with Gasteiger partial charge in [0.15, 0.2) is 5.82 Å². The Morgan fingerprint density at radius 2 is 1.83 bits per heavy atom. The highest BCUT2D eigenvalue weighted by Crippen LogP contribution is 2.41. The summed E-state index contributed by atoms with van der Waals surface area (Å²) in [6.07, 6.45) is 0.500. The third-order valence-electron chi connectivity index (χ3n) is 6.66. The van der Waals surface area contributed by atoms with E-state index in [-0.39, 0.29) is 5.91 Å². The van der Waals surface area contributed by atoms with Crippen molar-refractivity contribution in [2.24, 2.45) is 0 Å². The fraction of sp³-hybridized carbons (Fsp3) is 0.188. The average molecular weight is 565 g/mol. The summed E-state index contributed by atoms with van der Waals surface area (Å²) in [6.45, 7) is 3.67. The Balaban J connectivity index is 1.68. The summed E-state index contributed by atoms with van der Waals surface area (Å²) in [5.41, 5.74) is 3.31. The number of ether oxygens (including phenoxy) is 2. The maximum Gasteiger partial charge on any atom is 0.239 e. The second kappa shape index (κ2) is 12.1. The molecule has 5 rings (SSSR count). The summed E-state index contributed by atoms with van der Waals surface area (Å²) >= 11 is 1.25. The largest absolute Gasteiger partial charge is 0.497 e. The van der Waals surface area contributed by atoms with Crippen molar-refractivity contribution in [3.05, 3.63) is 84.1 Å². The topological polar surface area (TPSA) is 110 Å². The maximum absolute atomic E-state index is 13.3. The highest BCUT2D eigenvalue weighted by Gasteiger charge is 2.25. The number of anilines is 1. The van der Waals surface area contributed by atoms with Gasteiger partial charge in [0, 0.05) is 28.8 Å². The number of benzene rings is 3. The van der Waals surface area contributed by atoms with Crippen molar-refractivity contribution in [2.75, 3.05) is 19.5 Å². The van der Waals surface area contributed by atoms with Gasteiger partial charge in [-0.1, -0.05) is 66.3 Å². The Hall–Kier alpha value is -4.81. The fourth-order valence-corrected chi connectivity index (χ4v) is 5.65. The van der Waals surface area contributed by atoms with E-state index in [4.69, 9.17) is 19.0 Å². The molecule has 0 saturated heterocycles. The lowest BCUT2D eigenvalue weighted by atomic mass is 9.96. The number of aromatic nitrogens is 2. The minimum Gasteiger partial charge on any atom is -0.497 e.